The van der Waals surface area contributed by atoms with Crippen molar-refractivity contribution in [2.45, 2.75) is 6.92 Å². The van der Waals surface area contributed by atoms with Crippen LogP contribution in [-0.4, -0.2) is 9.97 Å². The van der Waals surface area contributed by atoms with E-state index in [1.807, 2.05) is 17.5 Å². The van der Waals surface area contributed by atoms with Gasteiger partial charge < -0.3 is 4.98 Å². The normalized spacial score (nSPS) is 11.1. The Labute approximate surface area is 102 Å². The lowest BCUT2D eigenvalue weighted by molar-refractivity contribution is 1.29. The molecule has 0 aliphatic rings. The summed E-state index contributed by atoms with van der Waals surface area (Å²) in [6.45, 7) is 2.06. The number of thiazole rings is 1. The van der Waals surface area contributed by atoms with Gasteiger partial charge in [-0.05, 0) is 13.0 Å². The number of para-hydroxylation sites is 1. The summed E-state index contributed by atoms with van der Waals surface area (Å²) in [7, 11) is 0. The molecule has 0 aliphatic heterocycles. The predicted molar refractivity (Wildman–Crippen MR) is 69.2 cm³/mol. The van der Waals surface area contributed by atoms with E-state index in [1.54, 1.807) is 0 Å². The van der Waals surface area contributed by atoms with Crippen molar-refractivity contribution in [3.05, 3.63) is 39.8 Å². The third kappa shape index (κ3) is 1.44. The number of hydrogen-bond acceptors (Lipinski definition) is 2. The molecule has 0 unspecified atom stereocenters. The smallest absolute Gasteiger partial charge is 0.184 e. The minimum Gasteiger partial charge on any atom is -0.358 e. The Morgan fingerprint density at radius 3 is 2.88 bits per heavy atom. The predicted octanol–water partition coefficient (Wildman–Crippen LogP) is 4.25. The monoisotopic (exact) mass is 248 g/mol. The second kappa shape index (κ2) is 3.61. The molecular weight excluding hydrogens is 240 g/mol. The third-order valence-corrected chi connectivity index (χ3v) is 3.60. The molecule has 1 N–H and O–H groups in total. The van der Waals surface area contributed by atoms with Gasteiger partial charge in [0.2, 0.25) is 0 Å². The fraction of sp³-hybridized carbons (Fsp3) is 0.0833. The first kappa shape index (κ1) is 9.87. The first-order chi connectivity index (χ1) is 7.75. The van der Waals surface area contributed by atoms with Gasteiger partial charge in [-0.25, -0.2) is 4.98 Å². The molecule has 0 spiro atoms. The number of aryl methyl sites for hydroxylation is 1. The van der Waals surface area contributed by atoms with Crippen LogP contribution < -0.4 is 0 Å². The molecule has 0 saturated carbocycles. The standard InChI is InChI=1S/C12H9ClN2S/c1-7-11(10-6-16-12(13)15-10)8-4-2-3-5-9(8)14-7/h2-6,14H,1H3. The highest BCUT2D eigenvalue weighted by atomic mass is 35.5. The van der Waals surface area contributed by atoms with Crippen LogP contribution in [0.1, 0.15) is 5.69 Å². The molecule has 0 aliphatic carbocycles. The molecule has 16 heavy (non-hydrogen) atoms. The van der Waals surface area contributed by atoms with E-state index in [9.17, 15) is 0 Å². The summed E-state index contributed by atoms with van der Waals surface area (Å²) in [6.07, 6.45) is 0. The van der Waals surface area contributed by atoms with E-state index in [0.29, 0.717) is 4.47 Å². The van der Waals surface area contributed by atoms with Crippen molar-refractivity contribution in [1.29, 1.82) is 0 Å². The van der Waals surface area contributed by atoms with Crippen molar-refractivity contribution in [3.63, 3.8) is 0 Å². The lowest BCUT2D eigenvalue weighted by Gasteiger charge is -1.95. The molecule has 2 nitrogen and oxygen atoms in total. The number of aromatic amines is 1. The lowest BCUT2D eigenvalue weighted by atomic mass is 10.1. The van der Waals surface area contributed by atoms with Gasteiger partial charge in [0.15, 0.2) is 4.47 Å². The minimum absolute atomic E-state index is 0.583. The largest absolute Gasteiger partial charge is 0.358 e. The Morgan fingerprint density at radius 2 is 2.12 bits per heavy atom. The summed E-state index contributed by atoms with van der Waals surface area (Å²) in [5.41, 5.74) is 4.37. The molecule has 2 heterocycles. The molecular formula is C12H9ClN2S. The molecule has 0 radical (unpaired) electrons. The van der Waals surface area contributed by atoms with Crippen molar-refractivity contribution < 1.29 is 0 Å². The van der Waals surface area contributed by atoms with Crippen LogP contribution in [0.15, 0.2) is 29.6 Å². The topological polar surface area (TPSA) is 28.7 Å². The maximum atomic E-state index is 5.88. The van der Waals surface area contributed by atoms with Crippen molar-refractivity contribution in [3.8, 4) is 11.3 Å². The van der Waals surface area contributed by atoms with Crippen molar-refractivity contribution in [2.24, 2.45) is 0 Å². The van der Waals surface area contributed by atoms with E-state index in [0.717, 1.165) is 22.5 Å². The number of H-pyrrole nitrogens is 1. The average molecular weight is 249 g/mol. The van der Waals surface area contributed by atoms with E-state index < -0.39 is 0 Å². The van der Waals surface area contributed by atoms with E-state index in [2.05, 4.69) is 29.0 Å². The number of benzene rings is 1. The van der Waals surface area contributed by atoms with E-state index in [-0.39, 0.29) is 0 Å². The lowest BCUT2D eigenvalue weighted by Crippen LogP contribution is -1.78. The second-order valence-electron chi connectivity index (χ2n) is 3.66. The molecule has 3 aromatic rings. The highest BCUT2D eigenvalue weighted by Crippen LogP contribution is 2.33. The van der Waals surface area contributed by atoms with Crippen LogP contribution in [-0.2, 0) is 0 Å². The Kier molecular flexibility index (Phi) is 2.23. The molecule has 2 aromatic heterocycles. The van der Waals surface area contributed by atoms with Gasteiger partial charge in [-0.1, -0.05) is 29.8 Å². The zero-order chi connectivity index (χ0) is 11.1. The molecule has 0 fully saturated rings. The third-order valence-electron chi connectivity index (χ3n) is 2.63. The van der Waals surface area contributed by atoms with Crippen LogP contribution in [0.25, 0.3) is 22.2 Å². The number of nitrogens with zero attached hydrogens (tertiary/aromatic N) is 1. The van der Waals surface area contributed by atoms with Gasteiger partial charge in [-0.3, -0.25) is 0 Å². The SMILES string of the molecule is Cc1[nH]c2ccccc2c1-c1csc(Cl)n1. The minimum atomic E-state index is 0.583. The highest BCUT2D eigenvalue weighted by molar-refractivity contribution is 7.14. The van der Waals surface area contributed by atoms with Crippen LogP contribution >= 0.6 is 22.9 Å². The van der Waals surface area contributed by atoms with Crippen molar-refractivity contribution in [1.82, 2.24) is 9.97 Å². The summed E-state index contributed by atoms with van der Waals surface area (Å²) < 4.78 is 0.583. The Morgan fingerprint density at radius 1 is 1.31 bits per heavy atom. The summed E-state index contributed by atoms with van der Waals surface area (Å²) in [6, 6.07) is 8.23. The molecule has 0 saturated heterocycles. The molecule has 3 rings (SSSR count). The molecule has 4 heteroatoms. The number of hydrogen-bond donors (Lipinski definition) is 1. The van der Waals surface area contributed by atoms with E-state index in [4.69, 9.17) is 11.6 Å². The van der Waals surface area contributed by atoms with Crippen molar-refractivity contribution >= 4 is 33.8 Å². The first-order valence-corrected chi connectivity index (χ1v) is 6.20. The zero-order valence-corrected chi connectivity index (χ0v) is 10.2. The Bertz CT molecular complexity index is 654. The maximum absolute atomic E-state index is 5.88. The highest BCUT2D eigenvalue weighted by Gasteiger charge is 2.12. The Hall–Kier alpha value is -1.32. The number of fused-ring (bicyclic) bond motifs is 1. The summed E-state index contributed by atoms with van der Waals surface area (Å²) in [5.74, 6) is 0. The number of aromatic nitrogens is 2. The summed E-state index contributed by atoms with van der Waals surface area (Å²) in [5, 5.41) is 3.19. The van der Waals surface area contributed by atoms with E-state index >= 15 is 0 Å². The van der Waals surface area contributed by atoms with Gasteiger partial charge in [0, 0.05) is 27.5 Å². The summed E-state index contributed by atoms with van der Waals surface area (Å²) in [4.78, 5) is 7.68. The van der Waals surface area contributed by atoms with Crippen LogP contribution in [0.4, 0.5) is 0 Å². The fourth-order valence-corrected chi connectivity index (χ4v) is 2.73. The van der Waals surface area contributed by atoms with Gasteiger partial charge >= 0.3 is 0 Å². The van der Waals surface area contributed by atoms with Gasteiger partial charge in [0.25, 0.3) is 0 Å². The Balaban J connectivity index is 2.34. The van der Waals surface area contributed by atoms with Gasteiger partial charge in [-0.2, -0.15) is 0 Å². The average Bonchev–Trinajstić information content (AvgIpc) is 2.80. The molecule has 0 bridgehead atoms. The molecule has 80 valence electrons. The maximum Gasteiger partial charge on any atom is 0.184 e. The van der Waals surface area contributed by atoms with Crippen molar-refractivity contribution in [2.75, 3.05) is 0 Å². The van der Waals surface area contributed by atoms with Gasteiger partial charge in [-0.15, -0.1) is 11.3 Å². The van der Waals surface area contributed by atoms with Crippen LogP contribution in [0.3, 0.4) is 0 Å². The first-order valence-electron chi connectivity index (χ1n) is 4.94. The van der Waals surface area contributed by atoms with Crippen LogP contribution in [0.2, 0.25) is 4.47 Å². The van der Waals surface area contributed by atoms with Gasteiger partial charge in [0.05, 0.1) is 5.69 Å². The molecule has 0 amide bonds. The van der Waals surface area contributed by atoms with Crippen LogP contribution in [0.5, 0.6) is 0 Å². The van der Waals surface area contributed by atoms with E-state index in [1.165, 1.54) is 16.7 Å². The number of rotatable bonds is 1. The van der Waals surface area contributed by atoms with Crippen LogP contribution in [0, 0.1) is 6.92 Å². The number of nitrogens with one attached hydrogen (secondary N) is 1. The number of halogens is 1. The molecule has 1 aromatic carbocycles. The summed E-state index contributed by atoms with van der Waals surface area (Å²) >= 11 is 7.34. The zero-order valence-electron chi connectivity index (χ0n) is 8.62. The quantitative estimate of drug-likeness (QED) is 0.685. The second-order valence-corrected chi connectivity index (χ2v) is 5.10. The van der Waals surface area contributed by atoms with Gasteiger partial charge in [0.1, 0.15) is 0 Å². The molecule has 0 atom stereocenters. The fourth-order valence-electron chi connectivity index (χ4n) is 1.97.